The fraction of sp³-hybridized carbons (Fsp3) is 0.750. The summed E-state index contributed by atoms with van der Waals surface area (Å²) < 4.78 is 5.25. The van der Waals surface area contributed by atoms with E-state index < -0.39 is 6.10 Å². The molecule has 1 unspecified atom stereocenters. The lowest BCUT2D eigenvalue weighted by Crippen LogP contribution is -2.30. The molecule has 0 aromatic rings. The summed E-state index contributed by atoms with van der Waals surface area (Å²) in [6.07, 6.45) is -0.381. The molecule has 1 aliphatic rings. The molecule has 12 heavy (non-hydrogen) atoms. The minimum atomic E-state index is -0.553. The van der Waals surface area contributed by atoms with Crippen molar-refractivity contribution < 1.29 is 14.3 Å². The van der Waals surface area contributed by atoms with Gasteiger partial charge in [-0.2, -0.15) is 0 Å². The molecule has 4 heteroatoms. The van der Waals surface area contributed by atoms with E-state index in [1.54, 1.807) is 0 Å². The Morgan fingerprint density at radius 3 is 2.42 bits per heavy atom. The van der Waals surface area contributed by atoms with Gasteiger partial charge in [-0.3, -0.25) is 14.5 Å². The van der Waals surface area contributed by atoms with Gasteiger partial charge in [-0.05, 0) is 13.8 Å². The van der Waals surface area contributed by atoms with Crippen LogP contribution in [0.5, 0.6) is 0 Å². The van der Waals surface area contributed by atoms with Crippen molar-refractivity contribution in [2.45, 2.75) is 32.5 Å². The molecule has 1 aliphatic heterocycles. The molecule has 0 aliphatic carbocycles. The highest BCUT2D eigenvalue weighted by Crippen LogP contribution is 2.15. The van der Waals surface area contributed by atoms with Crippen LogP contribution in [0.4, 0.5) is 0 Å². The molecule has 1 atom stereocenters. The number of likely N-dealkylation sites (N-methyl/N-ethyl adjacent to an activating group) is 1. The van der Waals surface area contributed by atoms with Crippen LogP contribution in [0, 0.1) is 0 Å². The average Bonchev–Trinajstić information content (AvgIpc) is 2.17. The van der Waals surface area contributed by atoms with Gasteiger partial charge in [0.2, 0.25) is 5.91 Å². The van der Waals surface area contributed by atoms with Crippen LogP contribution < -0.4 is 0 Å². The van der Waals surface area contributed by atoms with Gasteiger partial charge < -0.3 is 4.74 Å². The number of hydrogen-bond donors (Lipinski definition) is 0. The predicted molar refractivity (Wildman–Crippen MR) is 42.4 cm³/mol. The van der Waals surface area contributed by atoms with Crippen LogP contribution in [0.1, 0.15) is 20.3 Å². The van der Waals surface area contributed by atoms with E-state index in [1.807, 2.05) is 13.8 Å². The van der Waals surface area contributed by atoms with Crippen molar-refractivity contribution in [1.29, 1.82) is 0 Å². The molecule has 0 aromatic carbocycles. The minimum Gasteiger partial charge on any atom is -0.365 e. The largest absolute Gasteiger partial charge is 0.365 e. The Kier molecular flexibility index (Phi) is 2.47. The zero-order valence-electron chi connectivity index (χ0n) is 7.53. The maximum absolute atomic E-state index is 11.2. The zero-order chi connectivity index (χ0) is 9.30. The number of carbonyl (C=O) groups is 2. The van der Waals surface area contributed by atoms with E-state index in [0.29, 0.717) is 0 Å². The molecule has 0 spiro atoms. The molecule has 0 aromatic heterocycles. The Morgan fingerprint density at radius 2 is 2.08 bits per heavy atom. The third-order valence-corrected chi connectivity index (χ3v) is 1.78. The Balaban J connectivity index is 2.59. The molecule has 68 valence electrons. The molecule has 0 bridgehead atoms. The van der Waals surface area contributed by atoms with Gasteiger partial charge in [0, 0.05) is 7.05 Å². The maximum Gasteiger partial charge on any atom is 0.258 e. The molecule has 1 rings (SSSR count). The van der Waals surface area contributed by atoms with Crippen LogP contribution in [0.3, 0.4) is 0 Å². The second kappa shape index (κ2) is 3.23. The lowest BCUT2D eigenvalue weighted by molar-refractivity contribution is -0.141. The number of rotatable bonds is 2. The molecule has 0 radical (unpaired) electrons. The number of imide groups is 1. The summed E-state index contributed by atoms with van der Waals surface area (Å²) in [7, 11) is 1.48. The highest BCUT2D eigenvalue weighted by atomic mass is 16.5. The third-order valence-electron chi connectivity index (χ3n) is 1.78. The topological polar surface area (TPSA) is 46.6 Å². The summed E-state index contributed by atoms with van der Waals surface area (Å²) >= 11 is 0. The fourth-order valence-corrected chi connectivity index (χ4v) is 1.16. The van der Waals surface area contributed by atoms with Crippen molar-refractivity contribution >= 4 is 11.8 Å². The van der Waals surface area contributed by atoms with Crippen LogP contribution in [-0.2, 0) is 14.3 Å². The van der Waals surface area contributed by atoms with E-state index in [0.717, 1.165) is 4.90 Å². The van der Waals surface area contributed by atoms with Crippen LogP contribution in [0.2, 0.25) is 0 Å². The molecule has 1 heterocycles. The Morgan fingerprint density at radius 1 is 1.50 bits per heavy atom. The number of ether oxygens (including phenoxy) is 1. The zero-order valence-corrected chi connectivity index (χ0v) is 7.53. The van der Waals surface area contributed by atoms with Crippen molar-refractivity contribution in [3.63, 3.8) is 0 Å². The maximum atomic E-state index is 11.2. The van der Waals surface area contributed by atoms with Crippen molar-refractivity contribution in [1.82, 2.24) is 4.90 Å². The van der Waals surface area contributed by atoms with E-state index in [9.17, 15) is 9.59 Å². The standard InChI is InChI=1S/C8H13NO3/c1-5(2)12-6-4-7(10)9(3)8(6)11/h5-6H,4H2,1-3H3. The Hall–Kier alpha value is -0.900. The first kappa shape index (κ1) is 9.19. The van der Waals surface area contributed by atoms with Gasteiger partial charge in [0.1, 0.15) is 6.10 Å². The molecule has 1 fully saturated rings. The summed E-state index contributed by atoms with van der Waals surface area (Å²) in [5.74, 6) is -0.389. The van der Waals surface area contributed by atoms with Gasteiger partial charge in [0.15, 0.2) is 0 Å². The van der Waals surface area contributed by atoms with E-state index in [-0.39, 0.29) is 24.3 Å². The number of likely N-dealkylation sites (tertiary alicyclic amines) is 1. The highest BCUT2D eigenvalue weighted by Gasteiger charge is 2.37. The smallest absolute Gasteiger partial charge is 0.258 e. The Bertz CT molecular complexity index is 212. The molecule has 2 amide bonds. The summed E-state index contributed by atoms with van der Waals surface area (Å²) in [6, 6.07) is 0. The highest BCUT2D eigenvalue weighted by molar-refractivity contribution is 6.04. The summed E-state index contributed by atoms with van der Waals surface area (Å²) in [6.45, 7) is 3.69. The monoisotopic (exact) mass is 171 g/mol. The van der Waals surface area contributed by atoms with Crippen molar-refractivity contribution in [2.75, 3.05) is 7.05 Å². The normalized spacial score (nSPS) is 24.3. The second-order valence-corrected chi connectivity index (χ2v) is 3.17. The molecule has 0 saturated carbocycles. The number of amides is 2. The van der Waals surface area contributed by atoms with Crippen LogP contribution in [-0.4, -0.2) is 36.0 Å². The number of carbonyl (C=O) groups excluding carboxylic acids is 2. The average molecular weight is 171 g/mol. The van der Waals surface area contributed by atoms with E-state index in [4.69, 9.17) is 4.74 Å². The molecular weight excluding hydrogens is 158 g/mol. The van der Waals surface area contributed by atoms with Gasteiger partial charge in [0.05, 0.1) is 12.5 Å². The lowest BCUT2D eigenvalue weighted by Gasteiger charge is -2.12. The predicted octanol–water partition coefficient (Wildman–Crippen LogP) is 0.169. The van der Waals surface area contributed by atoms with E-state index in [1.165, 1.54) is 7.05 Å². The summed E-state index contributed by atoms with van der Waals surface area (Å²) in [5, 5.41) is 0. The first-order chi connectivity index (χ1) is 5.52. The van der Waals surface area contributed by atoms with Crippen molar-refractivity contribution in [3.8, 4) is 0 Å². The second-order valence-electron chi connectivity index (χ2n) is 3.17. The number of hydrogen-bond acceptors (Lipinski definition) is 3. The van der Waals surface area contributed by atoms with Gasteiger partial charge in [0.25, 0.3) is 5.91 Å². The van der Waals surface area contributed by atoms with Gasteiger partial charge in [-0.1, -0.05) is 0 Å². The molecule has 0 N–H and O–H groups in total. The van der Waals surface area contributed by atoms with Crippen molar-refractivity contribution in [3.05, 3.63) is 0 Å². The van der Waals surface area contributed by atoms with Gasteiger partial charge in [-0.15, -0.1) is 0 Å². The minimum absolute atomic E-state index is 0.0155. The van der Waals surface area contributed by atoms with Gasteiger partial charge in [-0.25, -0.2) is 0 Å². The van der Waals surface area contributed by atoms with Gasteiger partial charge >= 0.3 is 0 Å². The SMILES string of the molecule is CC(C)OC1CC(=O)N(C)C1=O. The summed E-state index contributed by atoms with van der Waals surface area (Å²) in [5.41, 5.74) is 0. The quantitative estimate of drug-likeness (QED) is 0.556. The summed E-state index contributed by atoms with van der Waals surface area (Å²) in [4.78, 5) is 23.4. The van der Waals surface area contributed by atoms with Crippen molar-refractivity contribution in [2.24, 2.45) is 0 Å². The van der Waals surface area contributed by atoms with E-state index >= 15 is 0 Å². The first-order valence-electron chi connectivity index (χ1n) is 3.98. The number of nitrogens with zero attached hydrogens (tertiary/aromatic N) is 1. The third kappa shape index (κ3) is 1.64. The molecule has 1 saturated heterocycles. The lowest BCUT2D eigenvalue weighted by atomic mass is 10.3. The molecule has 4 nitrogen and oxygen atoms in total. The Labute approximate surface area is 71.5 Å². The van der Waals surface area contributed by atoms with E-state index in [2.05, 4.69) is 0 Å². The fourth-order valence-electron chi connectivity index (χ4n) is 1.16. The first-order valence-corrected chi connectivity index (χ1v) is 3.98. The van der Waals surface area contributed by atoms with Crippen LogP contribution in [0.15, 0.2) is 0 Å². The van der Waals surface area contributed by atoms with Crippen LogP contribution in [0.25, 0.3) is 0 Å². The van der Waals surface area contributed by atoms with Crippen LogP contribution >= 0.6 is 0 Å². The molecular formula is C8H13NO3.